The van der Waals surface area contributed by atoms with E-state index in [1.165, 1.54) is 5.56 Å². The first-order valence-electron chi connectivity index (χ1n) is 10.7. The van der Waals surface area contributed by atoms with Gasteiger partial charge < -0.3 is 25.7 Å². The summed E-state index contributed by atoms with van der Waals surface area (Å²) in [6.45, 7) is 8.05. The molecule has 2 aromatic heterocycles. The Morgan fingerprint density at radius 3 is 2.74 bits per heavy atom. The fraction of sp³-hybridized carbons (Fsp3) is 0.435. The molecular weight excluding hydrogens is 392 g/mol. The molecular formula is C23H30N6O2. The number of urea groups is 1. The molecule has 2 heterocycles. The van der Waals surface area contributed by atoms with Gasteiger partial charge >= 0.3 is 6.03 Å². The van der Waals surface area contributed by atoms with E-state index in [1.807, 2.05) is 39.0 Å². The average Bonchev–Trinajstić information content (AvgIpc) is 3.43. The topological polar surface area (TPSA) is 107 Å². The maximum Gasteiger partial charge on any atom is 0.315 e. The summed E-state index contributed by atoms with van der Waals surface area (Å²) in [6.07, 6.45) is 0.991. The smallest absolute Gasteiger partial charge is 0.315 e. The molecule has 2 atom stereocenters. The molecule has 0 bridgehead atoms. The van der Waals surface area contributed by atoms with Crippen molar-refractivity contribution in [1.82, 2.24) is 25.2 Å². The summed E-state index contributed by atoms with van der Waals surface area (Å²) in [5, 5.41) is 5.89. The number of anilines is 1. The maximum absolute atomic E-state index is 12.1. The molecule has 8 nitrogen and oxygen atoms in total. The molecule has 0 aliphatic heterocycles. The zero-order chi connectivity index (χ0) is 22.0. The van der Waals surface area contributed by atoms with Crippen molar-refractivity contribution in [2.45, 2.75) is 45.7 Å². The van der Waals surface area contributed by atoms with Crippen LogP contribution < -0.4 is 16.4 Å². The van der Waals surface area contributed by atoms with E-state index in [9.17, 15) is 4.79 Å². The van der Waals surface area contributed by atoms with E-state index in [1.54, 1.807) is 0 Å². The van der Waals surface area contributed by atoms with E-state index in [0.29, 0.717) is 38.0 Å². The predicted molar refractivity (Wildman–Crippen MR) is 121 cm³/mol. The van der Waals surface area contributed by atoms with Crippen molar-refractivity contribution >= 4 is 22.9 Å². The van der Waals surface area contributed by atoms with Gasteiger partial charge in [-0.05, 0) is 38.3 Å². The van der Waals surface area contributed by atoms with Gasteiger partial charge in [0.2, 0.25) is 0 Å². The van der Waals surface area contributed by atoms with Gasteiger partial charge in [0.1, 0.15) is 11.3 Å². The lowest BCUT2D eigenvalue weighted by Crippen LogP contribution is -2.39. The highest BCUT2D eigenvalue weighted by atomic mass is 16.5. The van der Waals surface area contributed by atoms with Crippen LogP contribution in [-0.2, 0) is 11.3 Å². The molecule has 31 heavy (non-hydrogen) atoms. The third kappa shape index (κ3) is 4.64. The third-order valence-corrected chi connectivity index (χ3v) is 5.91. The zero-order valence-corrected chi connectivity index (χ0v) is 18.3. The number of aryl methyl sites for hydroxylation is 3. The molecule has 1 aliphatic carbocycles. The molecule has 1 fully saturated rings. The van der Waals surface area contributed by atoms with E-state index in [-0.39, 0.29) is 12.1 Å². The normalized spacial score (nSPS) is 17.6. The minimum absolute atomic E-state index is 0.141. The summed E-state index contributed by atoms with van der Waals surface area (Å²) in [6, 6.07) is 10.4. The lowest BCUT2D eigenvalue weighted by Gasteiger charge is -2.11. The summed E-state index contributed by atoms with van der Waals surface area (Å²) < 4.78 is 7.85. The molecule has 4 rings (SSSR count). The molecule has 0 spiro atoms. The Hall–Kier alpha value is -3.13. The van der Waals surface area contributed by atoms with Crippen molar-refractivity contribution in [1.29, 1.82) is 0 Å². The third-order valence-electron chi connectivity index (χ3n) is 5.91. The van der Waals surface area contributed by atoms with Crippen molar-refractivity contribution in [2.75, 3.05) is 25.5 Å². The standard InChI is InChI=1S/C23H30N6O2/c1-14-15(2)26-22(24)20-21(14)29(16(3)27-20)10-12-31-11-9-25-23(30)28-19-13-18(19)17-7-5-4-6-8-17/h4-8,18-19H,9-13H2,1-3H3,(H2,24,26)(H2,25,28,30). The lowest BCUT2D eigenvalue weighted by atomic mass is 10.1. The van der Waals surface area contributed by atoms with Crippen molar-refractivity contribution in [3.8, 4) is 0 Å². The van der Waals surface area contributed by atoms with Crippen LogP contribution in [0.3, 0.4) is 0 Å². The largest absolute Gasteiger partial charge is 0.382 e. The van der Waals surface area contributed by atoms with Crippen LogP contribution in [0, 0.1) is 20.8 Å². The van der Waals surface area contributed by atoms with Crippen LogP contribution in [0.25, 0.3) is 11.0 Å². The number of aromatic nitrogens is 3. The van der Waals surface area contributed by atoms with E-state index >= 15 is 0 Å². The monoisotopic (exact) mass is 422 g/mol. The summed E-state index contributed by atoms with van der Waals surface area (Å²) in [5.41, 5.74) is 11.1. The quantitative estimate of drug-likeness (QED) is 0.484. The van der Waals surface area contributed by atoms with Gasteiger partial charge in [0.25, 0.3) is 0 Å². The van der Waals surface area contributed by atoms with E-state index in [0.717, 1.165) is 34.5 Å². The van der Waals surface area contributed by atoms with Gasteiger partial charge in [0.15, 0.2) is 5.82 Å². The molecule has 4 N–H and O–H groups in total. The second kappa shape index (κ2) is 8.93. The number of benzene rings is 1. The number of hydrogen-bond acceptors (Lipinski definition) is 5. The fourth-order valence-electron chi connectivity index (χ4n) is 4.02. The number of rotatable bonds is 8. The molecule has 0 saturated heterocycles. The van der Waals surface area contributed by atoms with Crippen LogP contribution in [0.1, 0.15) is 35.0 Å². The maximum atomic E-state index is 12.1. The number of imidazole rings is 1. The first-order chi connectivity index (χ1) is 15.0. The van der Waals surface area contributed by atoms with Crippen molar-refractivity contribution in [2.24, 2.45) is 0 Å². The fourth-order valence-corrected chi connectivity index (χ4v) is 4.02. The Labute approximate surface area is 182 Å². The number of pyridine rings is 1. The predicted octanol–water partition coefficient (Wildman–Crippen LogP) is 2.81. The summed E-state index contributed by atoms with van der Waals surface area (Å²) in [7, 11) is 0. The van der Waals surface area contributed by atoms with E-state index in [4.69, 9.17) is 10.5 Å². The number of fused-ring (bicyclic) bond motifs is 1. The Balaban J connectivity index is 1.19. The number of ether oxygens (including phenoxy) is 1. The van der Waals surface area contributed by atoms with Crippen LogP contribution >= 0.6 is 0 Å². The Kier molecular flexibility index (Phi) is 6.08. The number of carbonyl (C=O) groups is 1. The number of nitrogens with one attached hydrogen (secondary N) is 2. The molecule has 1 aliphatic rings. The van der Waals surface area contributed by atoms with Gasteiger partial charge in [-0.15, -0.1) is 0 Å². The molecule has 8 heteroatoms. The average molecular weight is 423 g/mol. The first-order valence-corrected chi connectivity index (χ1v) is 10.7. The first kappa shape index (κ1) is 21.1. The molecule has 3 aromatic rings. The minimum Gasteiger partial charge on any atom is -0.382 e. The number of amides is 2. The Morgan fingerprint density at radius 2 is 1.97 bits per heavy atom. The van der Waals surface area contributed by atoms with Crippen molar-refractivity contribution < 1.29 is 9.53 Å². The second-order valence-corrected chi connectivity index (χ2v) is 8.09. The second-order valence-electron chi connectivity index (χ2n) is 8.09. The number of carbonyl (C=O) groups excluding carboxylic acids is 1. The van der Waals surface area contributed by atoms with Gasteiger partial charge in [0.05, 0.1) is 18.7 Å². The van der Waals surface area contributed by atoms with Crippen molar-refractivity contribution in [3.05, 3.63) is 53.0 Å². The summed E-state index contributed by atoms with van der Waals surface area (Å²) in [4.78, 5) is 21.0. The van der Waals surface area contributed by atoms with Crippen LogP contribution in [-0.4, -0.2) is 46.4 Å². The molecule has 0 radical (unpaired) electrons. The van der Waals surface area contributed by atoms with Crippen LogP contribution in [0.5, 0.6) is 0 Å². The van der Waals surface area contributed by atoms with E-state index < -0.39 is 0 Å². The number of nitrogens with zero attached hydrogens (tertiary/aromatic N) is 3. The molecule has 1 aromatic carbocycles. The summed E-state index contributed by atoms with van der Waals surface area (Å²) in [5.74, 6) is 1.77. The number of hydrogen-bond donors (Lipinski definition) is 3. The highest BCUT2D eigenvalue weighted by Gasteiger charge is 2.39. The van der Waals surface area contributed by atoms with Gasteiger partial charge in [-0.25, -0.2) is 14.8 Å². The SMILES string of the molecule is Cc1nc(N)c2nc(C)n(CCOCCNC(=O)NC3CC3c3ccccc3)c2c1C. The zero-order valence-electron chi connectivity index (χ0n) is 18.3. The van der Waals surface area contributed by atoms with Gasteiger partial charge in [0, 0.05) is 30.7 Å². The Bertz CT molecular complexity index is 1080. The lowest BCUT2D eigenvalue weighted by molar-refractivity contribution is 0.129. The van der Waals surface area contributed by atoms with Gasteiger partial charge in [-0.1, -0.05) is 30.3 Å². The minimum atomic E-state index is -0.141. The van der Waals surface area contributed by atoms with Crippen LogP contribution in [0.4, 0.5) is 10.6 Å². The highest BCUT2D eigenvalue weighted by Crippen LogP contribution is 2.40. The van der Waals surface area contributed by atoms with Crippen LogP contribution in [0.15, 0.2) is 30.3 Å². The van der Waals surface area contributed by atoms with Gasteiger partial charge in [-0.3, -0.25) is 0 Å². The number of nitrogens with two attached hydrogens (primary N) is 1. The van der Waals surface area contributed by atoms with Gasteiger partial charge in [-0.2, -0.15) is 0 Å². The number of nitrogen functional groups attached to an aromatic ring is 1. The van der Waals surface area contributed by atoms with E-state index in [2.05, 4.69) is 37.3 Å². The molecule has 1 saturated carbocycles. The van der Waals surface area contributed by atoms with Crippen molar-refractivity contribution in [3.63, 3.8) is 0 Å². The highest BCUT2D eigenvalue weighted by molar-refractivity contribution is 5.88. The molecule has 2 unspecified atom stereocenters. The molecule has 2 amide bonds. The van der Waals surface area contributed by atoms with Crippen LogP contribution in [0.2, 0.25) is 0 Å². The molecule has 164 valence electrons. The summed E-state index contributed by atoms with van der Waals surface area (Å²) >= 11 is 0. The Morgan fingerprint density at radius 1 is 1.19 bits per heavy atom.